The molecule has 0 aromatic heterocycles. The Morgan fingerprint density at radius 2 is 2.54 bits per heavy atom. The molecule has 0 aliphatic heterocycles. The van der Waals surface area contributed by atoms with Crippen LogP contribution in [-0.2, 0) is 16.0 Å². The number of hydrogen-bond acceptors (Lipinski definition) is 2. The maximum Gasteiger partial charge on any atom is 0.303 e. The molecule has 2 rings (SSSR count). The van der Waals surface area contributed by atoms with E-state index in [0.717, 1.165) is 24.0 Å². The van der Waals surface area contributed by atoms with Crippen molar-refractivity contribution >= 4 is 5.97 Å². The summed E-state index contributed by atoms with van der Waals surface area (Å²) in [5, 5.41) is 0. The number of esters is 1. The third-order valence-electron chi connectivity index (χ3n) is 2.23. The van der Waals surface area contributed by atoms with Gasteiger partial charge in [-0.15, -0.1) is 0 Å². The molecule has 0 bridgehead atoms. The molecule has 0 saturated carbocycles. The van der Waals surface area contributed by atoms with Crippen LogP contribution in [0.25, 0.3) is 0 Å². The number of ether oxygens (including phenoxy) is 1. The summed E-state index contributed by atoms with van der Waals surface area (Å²) in [6.45, 7) is 1.44. The first-order valence-electron chi connectivity index (χ1n) is 4.36. The van der Waals surface area contributed by atoms with Gasteiger partial charge < -0.3 is 4.74 Å². The zero-order chi connectivity index (χ0) is 9.26. The maximum atomic E-state index is 10.8. The molecule has 1 aromatic carbocycles. The van der Waals surface area contributed by atoms with E-state index in [1.54, 1.807) is 6.07 Å². The van der Waals surface area contributed by atoms with Gasteiger partial charge in [-0.1, -0.05) is 12.1 Å². The Hall–Kier alpha value is -1.49. The van der Waals surface area contributed by atoms with Crippen LogP contribution in [-0.4, -0.2) is 5.97 Å². The first-order chi connectivity index (χ1) is 6.27. The number of rotatable bonds is 1. The van der Waals surface area contributed by atoms with Crippen molar-refractivity contribution in [2.24, 2.45) is 0 Å². The lowest BCUT2D eigenvalue weighted by Crippen LogP contribution is -2.04. The van der Waals surface area contributed by atoms with Gasteiger partial charge in [-0.25, -0.2) is 0 Å². The molecule has 1 aliphatic rings. The van der Waals surface area contributed by atoms with Gasteiger partial charge >= 0.3 is 5.97 Å². The Morgan fingerprint density at radius 3 is 3.31 bits per heavy atom. The average molecular weight is 174 g/mol. The van der Waals surface area contributed by atoms with Gasteiger partial charge in [0.15, 0.2) is 0 Å². The molecule has 1 aliphatic carbocycles. The zero-order valence-electron chi connectivity index (χ0n) is 7.46. The fourth-order valence-corrected chi connectivity index (χ4v) is 1.70. The van der Waals surface area contributed by atoms with Crippen molar-refractivity contribution in [1.29, 1.82) is 0 Å². The first-order valence-corrected chi connectivity index (χ1v) is 4.36. The van der Waals surface area contributed by atoms with Crippen LogP contribution in [0.4, 0.5) is 0 Å². The fraction of sp³-hybridized carbons (Fsp3) is 0.364. The fourth-order valence-electron chi connectivity index (χ4n) is 1.70. The van der Waals surface area contributed by atoms with Crippen molar-refractivity contribution in [1.82, 2.24) is 0 Å². The summed E-state index contributed by atoms with van der Waals surface area (Å²) >= 11 is 0. The van der Waals surface area contributed by atoms with Gasteiger partial charge in [-0.3, -0.25) is 4.79 Å². The summed E-state index contributed by atoms with van der Waals surface area (Å²) in [5.41, 5.74) is 2.22. The average Bonchev–Trinajstić information content (AvgIpc) is 2.48. The number of hydrogen-bond donors (Lipinski definition) is 0. The van der Waals surface area contributed by atoms with Gasteiger partial charge in [0.1, 0.15) is 6.10 Å². The second-order valence-corrected chi connectivity index (χ2v) is 3.17. The third kappa shape index (κ3) is 1.50. The minimum Gasteiger partial charge on any atom is -0.458 e. The van der Waals surface area contributed by atoms with E-state index in [2.05, 4.69) is 12.1 Å². The topological polar surface area (TPSA) is 26.3 Å². The third-order valence-corrected chi connectivity index (χ3v) is 2.23. The quantitative estimate of drug-likeness (QED) is 0.607. The molecule has 0 N–H and O–H groups in total. The first kappa shape index (κ1) is 8.12. The molecule has 0 amide bonds. The standard InChI is InChI=1S/C11H10O2/c1-8(12)13-11-7-6-9-4-2-3-5-10(9)11/h3,5,11H,6-7H2,1H3. The summed E-state index contributed by atoms with van der Waals surface area (Å²) in [7, 11) is 0. The van der Waals surface area contributed by atoms with Crippen LogP contribution < -0.4 is 0 Å². The number of carbonyl (C=O) groups is 1. The number of fused-ring (bicyclic) bond motifs is 1. The monoisotopic (exact) mass is 174 g/mol. The predicted octanol–water partition coefficient (Wildman–Crippen LogP) is 1.84. The van der Waals surface area contributed by atoms with Crippen LogP contribution in [0.1, 0.15) is 30.6 Å². The minimum absolute atomic E-state index is 0.0571. The van der Waals surface area contributed by atoms with Crippen LogP contribution in [0.5, 0.6) is 0 Å². The highest BCUT2D eigenvalue weighted by Gasteiger charge is 2.24. The van der Waals surface area contributed by atoms with Crippen molar-refractivity contribution in [2.45, 2.75) is 25.9 Å². The summed E-state index contributed by atoms with van der Waals surface area (Å²) in [4.78, 5) is 10.8. The molecule has 0 spiro atoms. The molecule has 13 heavy (non-hydrogen) atoms. The zero-order valence-corrected chi connectivity index (χ0v) is 7.46. The van der Waals surface area contributed by atoms with Crippen LogP contribution >= 0.6 is 0 Å². The number of carbonyl (C=O) groups excluding carboxylic acids is 1. The van der Waals surface area contributed by atoms with Crippen LogP contribution in [0.15, 0.2) is 12.1 Å². The Balaban J connectivity index is 2.23. The Labute approximate surface area is 77.5 Å². The van der Waals surface area contributed by atoms with Crippen LogP contribution in [0, 0.1) is 12.1 Å². The molecule has 1 atom stereocenters. The van der Waals surface area contributed by atoms with E-state index in [9.17, 15) is 4.79 Å². The second-order valence-electron chi connectivity index (χ2n) is 3.17. The lowest BCUT2D eigenvalue weighted by molar-refractivity contribution is -0.146. The molecule has 0 heterocycles. The van der Waals surface area contributed by atoms with Gasteiger partial charge in [0.2, 0.25) is 0 Å². The molecule has 1 aromatic rings. The minimum atomic E-state index is -0.217. The van der Waals surface area contributed by atoms with Gasteiger partial charge in [-0.05, 0) is 25.0 Å². The van der Waals surface area contributed by atoms with E-state index >= 15 is 0 Å². The highest BCUT2D eigenvalue weighted by atomic mass is 16.5. The van der Waals surface area contributed by atoms with Gasteiger partial charge in [0.05, 0.1) is 0 Å². The summed E-state index contributed by atoms with van der Waals surface area (Å²) < 4.78 is 5.16. The summed E-state index contributed by atoms with van der Waals surface area (Å²) in [6, 6.07) is 9.69. The van der Waals surface area contributed by atoms with Crippen molar-refractivity contribution in [2.75, 3.05) is 0 Å². The maximum absolute atomic E-state index is 10.8. The van der Waals surface area contributed by atoms with Crippen molar-refractivity contribution in [3.8, 4) is 0 Å². The Kier molecular flexibility index (Phi) is 1.94. The lowest BCUT2D eigenvalue weighted by Gasteiger charge is -2.10. The summed E-state index contributed by atoms with van der Waals surface area (Å²) in [6.07, 6.45) is 1.76. The van der Waals surface area contributed by atoms with Gasteiger partial charge in [-0.2, -0.15) is 0 Å². The second kappa shape index (κ2) is 3.10. The normalized spacial score (nSPS) is 19.0. The van der Waals surface area contributed by atoms with Crippen molar-refractivity contribution < 1.29 is 9.53 Å². The Morgan fingerprint density at radius 1 is 1.69 bits per heavy atom. The van der Waals surface area contributed by atoms with E-state index in [1.165, 1.54) is 6.92 Å². The van der Waals surface area contributed by atoms with Gasteiger partial charge in [0.25, 0.3) is 0 Å². The molecule has 0 saturated heterocycles. The SMILES string of the molecule is CC(=O)OC1CCc2c#cccc21. The van der Waals surface area contributed by atoms with Crippen LogP contribution in [0.3, 0.4) is 0 Å². The largest absolute Gasteiger partial charge is 0.458 e. The molecule has 2 nitrogen and oxygen atoms in total. The highest BCUT2D eigenvalue weighted by molar-refractivity contribution is 5.66. The predicted molar refractivity (Wildman–Crippen MR) is 46.9 cm³/mol. The molecule has 1 unspecified atom stereocenters. The smallest absolute Gasteiger partial charge is 0.303 e. The van der Waals surface area contributed by atoms with E-state index in [0.29, 0.717) is 0 Å². The van der Waals surface area contributed by atoms with E-state index in [1.807, 2.05) is 6.07 Å². The van der Waals surface area contributed by atoms with E-state index in [-0.39, 0.29) is 12.1 Å². The van der Waals surface area contributed by atoms with E-state index in [4.69, 9.17) is 4.74 Å². The molecular weight excluding hydrogens is 164 g/mol. The van der Waals surface area contributed by atoms with Gasteiger partial charge in [0, 0.05) is 18.1 Å². The van der Waals surface area contributed by atoms with Crippen molar-refractivity contribution in [3.05, 3.63) is 35.4 Å². The van der Waals surface area contributed by atoms with Crippen molar-refractivity contribution in [3.63, 3.8) is 0 Å². The van der Waals surface area contributed by atoms with E-state index < -0.39 is 0 Å². The summed E-state index contributed by atoms with van der Waals surface area (Å²) in [5.74, 6) is -0.217. The molecule has 0 fully saturated rings. The van der Waals surface area contributed by atoms with Crippen LogP contribution in [0.2, 0.25) is 0 Å². The molecule has 0 radical (unpaired) electrons. The Bertz CT molecular complexity index is 331. The molecular formula is C11H10O2. The molecule has 66 valence electrons. The lowest BCUT2D eigenvalue weighted by atomic mass is 10.1. The molecule has 2 heteroatoms. The highest BCUT2D eigenvalue weighted by Crippen LogP contribution is 2.32.